The number of rotatable bonds is 12. The third kappa shape index (κ3) is 18.0. The number of aliphatic hydroxyl groups excluding tert-OH is 2. The van der Waals surface area contributed by atoms with Crippen LogP contribution in [0.2, 0.25) is 0 Å². The minimum absolute atomic E-state index is 0.0673. The van der Waals surface area contributed by atoms with Crippen LogP contribution in [0.25, 0.3) is 0 Å². The number of allylic oxidation sites excluding steroid dienone is 6. The maximum Gasteiger partial charge on any atom is 0.304 e. The molecule has 0 spiro atoms. The van der Waals surface area contributed by atoms with Gasteiger partial charge in [-0.1, -0.05) is 73.6 Å². The molecule has 4 nitrogen and oxygen atoms in total. The van der Waals surface area contributed by atoms with E-state index in [1.165, 1.54) is 0 Å². The Morgan fingerprint density at radius 2 is 1.46 bits per heavy atom. The minimum atomic E-state index is -0.838. The van der Waals surface area contributed by atoms with Gasteiger partial charge in [0.2, 0.25) is 0 Å². The number of carboxylic acid groups (broad SMARTS) is 1. The van der Waals surface area contributed by atoms with Gasteiger partial charge in [-0.15, -0.1) is 5.92 Å². The summed E-state index contributed by atoms with van der Waals surface area (Å²) in [7, 11) is 0. The highest BCUT2D eigenvalue weighted by Crippen LogP contribution is 1.99. The van der Waals surface area contributed by atoms with Gasteiger partial charge in [0.25, 0.3) is 0 Å². The molecule has 0 aliphatic carbocycles. The molecule has 0 saturated heterocycles. The van der Waals surface area contributed by atoms with Gasteiger partial charge < -0.3 is 15.3 Å². The van der Waals surface area contributed by atoms with E-state index < -0.39 is 18.2 Å². The van der Waals surface area contributed by atoms with Crippen LogP contribution in [0.15, 0.2) is 60.8 Å². The monoisotopic (exact) mass is 358 g/mol. The van der Waals surface area contributed by atoms with Crippen LogP contribution in [0, 0.1) is 11.8 Å². The van der Waals surface area contributed by atoms with Gasteiger partial charge in [0.1, 0.15) is 0 Å². The number of hydrogen-bond donors (Lipinski definition) is 3. The van der Waals surface area contributed by atoms with Crippen molar-refractivity contribution in [1.82, 2.24) is 0 Å². The largest absolute Gasteiger partial charge is 0.481 e. The van der Waals surface area contributed by atoms with Crippen molar-refractivity contribution < 1.29 is 20.1 Å². The molecule has 0 aliphatic rings. The molecule has 0 amide bonds. The highest BCUT2D eigenvalue weighted by Gasteiger charge is 1.94. The molecule has 0 bridgehead atoms. The predicted octanol–water partition coefficient (Wildman–Crippen LogP) is 3.94. The van der Waals surface area contributed by atoms with Crippen molar-refractivity contribution in [3.8, 4) is 11.8 Å². The van der Waals surface area contributed by atoms with Crippen molar-refractivity contribution in [3.05, 3.63) is 60.8 Å². The van der Waals surface area contributed by atoms with Crippen LogP contribution in [0.5, 0.6) is 0 Å². The molecule has 26 heavy (non-hydrogen) atoms. The molecule has 0 rings (SSSR count). The quantitative estimate of drug-likeness (QED) is 0.280. The first-order valence-electron chi connectivity index (χ1n) is 8.91. The molecule has 0 radical (unpaired) electrons. The average Bonchev–Trinajstić information content (AvgIpc) is 2.60. The third-order valence-electron chi connectivity index (χ3n) is 3.13. The van der Waals surface area contributed by atoms with E-state index in [2.05, 4.69) is 18.8 Å². The number of aliphatic hydroxyl groups is 2. The van der Waals surface area contributed by atoms with Gasteiger partial charge >= 0.3 is 5.97 Å². The standard InChI is InChI=1S/C22H30O4/c1-2-3-10-15-20(23)17-12-8-9-13-18-21(24)16-11-6-4-5-7-14-19-22(25)26/h3,6,8-13,17-18,20-21,23-24H,2,4,14-16,19H2,1H3,(H,25,26)/b9-8-,10-3-,11-6-,17-12+,18-13+/t20-,21-/m0/s1. The molecule has 3 N–H and O–H groups in total. The second-order valence-electron chi connectivity index (χ2n) is 5.56. The Bertz CT molecular complexity index is 571. The van der Waals surface area contributed by atoms with E-state index in [-0.39, 0.29) is 6.42 Å². The normalized spacial score (nSPS) is 14.6. The van der Waals surface area contributed by atoms with E-state index in [9.17, 15) is 15.0 Å². The Morgan fingerprint density at radius 3 is 2.00 bits per heavy atom. The second-order valence-corrected chi connectivity index (χ2v) is 5.56. The van der Waals surface area contributed by atoms with Crippen molar-refractivity contribution in [2.24, 2.45) is 0 Å². The van der Waals surface area contributed by atoms with E-state index in [1.54, 1.807) is 36.5 Å². The van der Waals surface area contributed by atoms with Crippen LogP contribution in [-0.2, 0) is 4.79 Å². The molecule has 4 heteroatoms. The third-order valence-corrected chi connectivity index (χ3v) is 3.13. The molecule has 0 aliphatic heterocycles. The van der Waals surface area contributed by atoms with Gasteiger partial charge in [0.15, 0.2) is 0 Å². The number of carbonyl (C=O) groups is 1. The lowest BCUT2D eigenvalue weighted by atomic mass is 10.2. The lowest BCUT2D eigenvalue weighted by Gasteiger charge is -1.99. The first-order valence-corrected chi connectivity index (χ1v) is 8.91. The molecule has 0 aromatic carbocycles. The van der Waals surface area contributed by atoms with Crippen molar-refractivity contribution in [2.75, 3.05) is 0 Å². The molecular formula is C22H30O4. The Balaban J connectivity index is 3.91. The first-order chi connectivity index (χ1) is 12.6. The molecule has 0 fully saturated rings. The van der Waals surface area contributed by atoms with Gasteiger partial charge in [-0.05, 0) is 19.3 Å². The zero-order chi connectivity index (χ0) is 19.5. The summed E-state index contributed by atoms with van der Waals surface area (Å²) < 4.78 is 0. The summed E-state index contributed by atoms with van der Waals surface area (Å²) in [6, 6.07) is 0. The highest BCUT2D eigenvalue weighted by molar-refractivity contribution is 5.67. The first kappa shape index (κ1) is 23.6. The molecule has 0 heterocycles. The van der Waals surface area contributed by atoms with Crippen LogP contribution >= 0.6 is 0 Å². The molecule has 0 aromatic rings. The fourth-order valence-electron chi connectivity index (χ4n) is 1.78. The van der Waals surface area contributed by atoms with Gasteiger partial charge in [-0.2, -0.15) is 0 Å². The highest BCUT2D eigenvalue weighted by atomic mass is 16.4. The summed E-state index contributed by atoms with van der Waals surface area (Å²) in [5, 5.41) is 27.9. The summed E-state index contributed by atoms with van der Waals surface area (Å²) >= 11 is 0. The van der Waals surface area contributed by atoms with Gasteiger partial charge in [0.05, 0.1) is 18.6 Å². The Kier molecular flexibility index (Phi) is 15.9. The smallest absolute Gasteiger partial charge is 0.304 e. The summed E-state index contributed by atoms with van der Waals surface area (Å²) in [4.78, 5) is 10.3. The van der Waals surface area contributed by atoms with Crippen molar-refractivity contribution in [3.63, 3.8) is 0 Å². The molecule has 2 atom stereocenters. The predicted molar refractivity (Wildman–Crippen MR) is 107 cm³/mol. The van der Waals surface area contributed by atoms with Crippen molar-refractivity contribution in [2.45, 2.75) is 57.7 Å². The molecule has 0 saturated carbocycles. The lowest BCUT2D eigenvalue weighted by Crippen LogP contribution is -1.98. The van der Waals surface area contributed by atoms with Gasteiger partial charge in [-0.25, -0.2) is 0 Å². The fourth-order valence-corrected chi connectivity index (χ4v) is 1.78. The average molecular weight is 358 g/mol. The number of hydrogen-bond acceptors (Lipinski definition) is 3. The van der Waals surface area contributed by atoms with Crippen LogP contribution in [0.3, 0.4) is 0 Å². The summed E-state index contributed by atoms with van der Waals surface area (Å²) in [6.07, 6.45) is 20.3. The number of carboxylic acids is 1. The van der Waals surface area contributed by atoms with E-state index in [4.69, 9.17) is 5.11 Å². The molecular weight excluding hydrogens is 328 g/mol. The molecule has 142 valence electrons. The SMILES string of the molecule is CC/C=C\C[C@H](O)/C=C/C=C\C=C\[C@@H](O)C/C=C\CC#CCCC(=O)O. The maximum atomic E-state index is 10.3. The molecule has 0 unspecified atom stereocenters. The van der Waals surface area contributed by atoms with Crippen molar-refractivity contribution in [1.29, 1.82) is 0 Å². The van der Waals surface area contributed by atoms with E-state index in [0.29, 0.717) is 25.7 Å². The Labute approximate surface area is 156 Å². The van der Waals surface area contributed by atoms with Crippen LogP contribution in [-0.4, -0.2) is 33.5 Å². The van der Waals surface area contributed by atoms with Crippen LogP contribution in [0.1, 0.15) is 45.4 Å². The summed E-state index contributed by atoms with van der Waals surface area (Å²) in [5.41, 5.74) is 0. The fraction of sp³-hybridized carbons (Fsp3) is 0.409. The molecule has 0 aromatic heterocycles. The minimum Gasteiger partial charge on any atom is -0.481 e. The Morgan fingerprint density at radius 1 is 0.885 bits per heavy atom. The van der Waals surface area contributed by atoms with Crippen LogP contribution < -0.4 is 0 Å². The van der Waals surface area contributed by atoms with Gasteiger partial charge in [-0.3, -0.25) is 4.79 Å². The van der Waals surface area contributed by atoms with E-state index in [1.807, 2.05) is 24.3 Å². The maximum absolute atomic E-state index is 10.3. The second kappa shape index (κ2) is 17.5. The summed E-state index contributed by atoms with van der Waals surface area (Å²) in [5.74, 6) is 4.81. The van der Waals surface area contributed by atoms with Crippen LogP contribution in [0.4, 0.5) is 0 Å². The van der Waals surface area contributed by atoms with E-state index in [0.717, 1.165) is 6.42 Å². The lowest BCUT2D eigenvalue weighted by molar-refractivity contribution is -0.136. The zero-order valence-corrected chi connectivity index (χ0v) is 15.4. The van der Waals surface area contributed by atoms with E-state index >= 15 is 0 Å². The van der Waals surface area contributed by atoms with Gasteiger partial charge in [0, 0.05) is 12.8 Å². The van der Waals surface area contributed by atoms with Crippen molar-refractivity contribution >= 4 is 5.97 Å². The Hall–Kier alpha value is -2.35. The topological polar surface area (TPSA) is 77.8 Å². The zero-order valence-electron chi connectivity index (χ0n) is 15.4. The summed E-state index contributed by atoms with van der Waals surface area (Å²) in [6.45, 7) is 2.05. The number of aliphatic carboxylic acids is 1.